The molecular weight excluding hydrogens is 452 g/mol. The van der Waals surface area contributed by atoms with Crippen molar-refractivity contribution in [1.82, 2.24) is 9.21 Å². The van der Waals surface area contributed by atoms with Crippen molar-refractivity contribution in [3.63, 3.8) is 0 Å². The number of hydrogen-bond acceptors (Lipinski definition) is 6. The second-order valence-electron chi connectivity index (χ2n) is 7.69. The lowest BCUT2D eigenvalue weighted by Gasteiger charge is -2.31. The van der Waals surface area contributed by atoms with Crippen molar-refractivity contribution in [2.45, 2.75) is 18.2 Å². The van der Waals surface area contributed by atoms with Gasteiger partial charge in [-0.05, 0) is 49.9 Å². The molecule has 0 radical (unpaired) electrons. The van der Waals surface area contributed by atoms with Crippen molar-refractivity contribution in [2.75, 3.05) is 49.0 Å². The van der Waals surface area contributed by atoms with Crippen LogP contribution in [-0.4, -0.2) is 70.9 Å². The Hall–Kier alpha value is -2.47. The maximum Gasteiger partial charge on any atom is 0.255 e. The number of carbonyl (C=O) groups excluding carboxylic acids is 1. The van der Waals surface area contributed by atoms with Gasteiger partial charge < -0.3 is 10.2 Å². The predicted molar refractivity (Wildman–Crippen MR) is 125 cm³/mol. The van der Waals surface area contributed by atoms with Crippen molar-refractivity contribution in [3.05, 3.63) is 54.1 Å². The molecule has 1 saturated heterocycles. The molecule has 1 amide bonds. The van der Waals surface area contributed by atoms with Gasteiger partial charge in [0, 0.05) is 43.1 Å². The number of sulfonamides is 2. The van der Waals surface area contributed by atoms with E-state index >= 15 is 0 Å². The lowest BCUT2D eigenvalue weighted by molar-refractivity contribution is 0.102. The molecule has 1 aliphatic heterocycles. The van der Waals surface area contributed by atoms with Crippen LogP contribution in [0.3, 0.4) is 0 Å². The van der Waals surface area contributed by atoms with Gasteiger partial charge in [-0.2, -0.15) is 4.31 Å². The van der Waals surface area contributed by atoms with E-state index in [1.54, 1.807) is 37.3 Å². The summed E-state index contributed by atoms with van der Waals surface area (Å²) in [6.07, 6.45) is 0.475. The van der Waals surface area contributed by atoms with Gasteiger partial charge in [0.05, 0.1) is 10.6 Å². The third-order valence-corrected chi connectivity index (χ3v) is 8.45. The van der Waals surface area contributed by atoms with Gasteiger partial charge in [-0.25, -0.2) is 16.8 Å². The summed E-state index contributed by atoms with van der Waals surface area (Å²) in [7, 11) is -5.19. The Bertz CT molecular complexity index is 1170. The third-order valence-electron chi connectivity index (χ3n) is 5.06. The molecule has 2 N–H and O–H groups in total. The van der Waals surface area contributed by atoms with Gasteiger partial charge in [-0.1, -0.05) is 19.1 Å². The smallest absolute Gasteiger partial charge is 0.255 e. The van der Waals surface area contributed by atoms with Gasteiger partial charge in [-0.3, -0.25) is 9.52 Å². The van der Waals surface area contributed by atoms with Crippen LogP contribution in [0.15, 0.2) is 53.4 Å². The lowest BCUT2D eigenvalue weighted by Crippen LogP contribution is -2.47. The Balaban J connectivity index is 1.74. The highest BCUT2D eigenvalue weighted by Gasteiger charge is 2.27. The number of likely N-dealkylation sites (N-methyl/N-ethyl adjacent to an activating group) is 1. The van der Waals surface area contributed by atoms with E-state index in [-0.39, 0.29) is 21.9 Å². The monoisotopic (exact) mass is 480 g/mol. The average molecular weight is 481 g/mol. The Morgan fingerprint density at radius 1 is 0.938 bits per heavy atom. The van der Waals surface area contributed by atoms with E-state index in [1.807, 2.05) is 7.05 Å². The van der Waals surface area contributed by atoms with Crippen LogP contribution in [0.2, 0.25) is 0 Å². The van der Waals surface area contributed by atoms with Crippen LogP contribution in [0, 0.1) is 0 Å². The molecule has 0 spiro atoms. The maximum atomic E-state index is 13.0. The van der Waals surface area contributed by atoms with E-state index in [0.717, 1.165) is 0 Å². The summed E-state index contributed by atoms with van der Waals surface area (Å²) in [5.41, 5.74) is 0.869. The van der Waals surface area contributed by atoms with Crippen molar-refractivity contribution in [2.24, 2.45) is 0 Å². The van der Waals surface area contributed by atoms with Crippen molar-refractivity contribution in [1.29, 1.82) is 0 Å². The summed E-state index contributed by atoms with van der Waals surface area (Å²) in [5.74, 6) is -0.492. The van der Waals surface area contributed by atoms with Gasteiger partial charge in [-0.15, -0.1) is 0 Å². The molecule has 2 aromatic carbocycles. The van der Waals surface area contributed by atoms with E-state index < -0.39 is 26.0 Å². The number of nitrogens with one attached hydrogen (secondary N) is 2. The quantitative estimate of drug-likeness (QED) is 0.597. The normalized spacial score (nSPS) is 15.9. The van der Waals surface area contributed by atoms with Gasteiger partial charge >= 0.3 is 0 Å². The Morgan fingerprint density at radius 2 is 1.59 bits per heavy atom. The first-order valence-electron chi connectivity index (χ1n) is 10.3. The van der Waals surface area contributed by atoms with Crippen LogP contribution >= 0.6 is 0 Å². The number of piperazine rings is 1. The summed E-state index contributed by atoms with van der Waals surface area (Å²) >= 11 is 0. The molecule has 0 saturated carbocycles. The number of nitrogens with zero attached hydrogens (tertiary/aromatic N) is 2. The minimum absolute atomic E-state index is 0.0159. The zero-order chi connectivity index (χ0) is 23.4. The van der Waals surface area contributed by atoms with E-state index in [2.05, 4.69) is 14.9 Å². The SMILES string of the molecule is CCCS(=O)(=O)Nc1cccc(C(=O)Nc2cccc(S(=O)(=O)N3CCN(C)CC3)c2)c1. The number of rotatable bonds is 8. The van der Waals surface area contributed by atoms with Crippen LogP contribution in [0.25, 0.3) is 0 Å². The molecule has 0 aromatic heterocycles. The van der Waals surface area contributed by atoms with Gasteiger partial charge in [0.15, 0.2) is 0 Å². The molecule has 11 heteroatoms. The first kappa shape index (κ1) is 24.2. The largest absolute Gasteiger partial charge is 0.322 e. The number of benzene rings is 2. The lowest BCUT2D eigenvalue weighted by atomic mass is 10.2. The van der Waals surface area contributed by atoms with Crippen LogP contribution in [-0.2, 0) is 20.0 Å². The van der Waals surface area contributed by atoms with Gasteiger partial charge in [0.2, 0.25) is 20.0 Å². The topological polar surface area (TPSA) is 116 Å². The summed E-state index contributed by atoms with van der Waals surface area (Å²) in [6.45, 7) is 3.91. The zero-order valence-electron chi connectivity index (χ0n) is 18.1. The molecule has 9 nitrogen and oxygen atoms in total. The summed E-state index contributed by atoms with van der Waals surface area (Å²) in [4.78, 5) is 14.9. The van der Waals surface area contributed by atoms with Crippen LogP contribution < -0.4 is 10.0 Å². The Labute approximate surface area is 189 Å². The summed E-state index contributed by atoms with van der Waals surface area (Å²) in [5, 5.41) is 2.69. The fourth-order valence-corrected chi connectivity index (χ4v) is 5.93. The van der Waals surface area contributed by atoms with Crippen LogP contribution in [0.5, 0.6) is 0 Å². The Morgan fingerprint density at radius 3 is 2.28 bits per heavy atom. The standard InChI is InChI=1S/C21H28N4O5S2/c1-3-14-31(27,28)23-19-8-4-6-17(15-19)21(26)22-18-7-5-9-20(16-18)32(29,30)25-12-10-24(2)11-13-25/h4-9,15-16,23H,3,10-14H2,1-2H3,(H,22,26). The molecule has 1 aliphatic rings. The number of amides is 1. The van der Waals surface area contributed by atoms with Gasteiger partial charge in [0.1, 0.15) is 0 Å². The molecule has 0 bridgehead atoms. The predicted octanol–water partition coefficient (Wildman–Crippen LogP) is 2.03. The Kier molecular flexibility index (Phi) is 7.55. The van der Waals surface area contributed by atoms with Crippen molar-refractivity contribution >= 4 is 37.3 Å². The van der Waals surface area contributed by atoms with E-state index in [9.17, 15) is 21.6 Å². The molecule has 0 aliphatic carbocycles. The minimum atomic E-state index is -3.66. The molecule has 174 valence electrons. The fourth-order valence-electron chi connectivity index (χ4n) is 3.34. The molecule has 1 fully saturated rings. The van der Waals surface area contributed by atoms with Crippen molar-refractivity contribution in [3.8, 4) is 0 Å². The number of anilines is 2. The first-order chi connectivity index (χ1) is 15.1. The van der Waals surface area contributed by atoms with Crippen molar-refractivity contribution < 1.29 is 21.6 Å². The minimum Gasteiger partial charge on any atom is -0.322 e. The third kappa shape index (κ3) is 6.06. The fraction of sp³-hybridized carbons (Fsp3) is 0.381. The van der Waals surface area contributed by atoms with Crippen LogP contribution in [0.1, 0.15) is 23.7 Å². The molecule has 32 heavy (non-hydrogen) atoms. The zero-order valence-corrected chi connectivity index (χ0v) is 19.7. The highest BCUT2D eigenvalue weighted by Crippen LogP contribution is 2.22. The molecule has 0 unspecified atom stereocenters. The second-order valence-corrected chi connectivity index (χ2v) is 11.5. The van der Waals surface area contributed by atoms with E-state index in [4.69, 9.17) is 0 Å². The molecule has 0 atom stereocenters. The molecular formula is C21H28N4O5S2. The summed E-state index contributed by atoms with van der Waals surface area (Å²) in [6, 6.07) is 12.2. The van der Waals surface area contributed by atoms with Crippen LogP contribution in [0.4, 0.5) is 11.4 Å². The highest BCUT2D eigenvalue weighted by molar-refractivity contribution is 7.92. The molecule has 1 heterocycles. The molecule has 2 aromatic rings. The molecule has 3 rings (SSSR count). The number of hydrogen-bond donors (Lipinski definition) is 2. The second kappa shape index (κ2) is 9.99. The maximum absolute atomic E-state index is 13.0. The van der Waals surface area contributed by atoms with E-state index in [1.165, 1.54) is 22.5 Å². The highest BCUT2D eigenvalue weighted by atomic mass is 32.2. The first-order valence-corrected chi connectivity index (χ1v) is 13.4. The summed E-state index contributed by atoms with van der Waals surface area (Å²) < 4.78 is 53.8. The van der Waals surface area contributed by atoms with Gasteiger partial charge in [0.25, 0.3) is 5.91 Å². The average Bonchev–Trinajstić information content (AvgIpc) is 2.74. The number of carbonyl (C=O) groups is 1. The van der Waals surface area contributed by atoms with E-state index in [0.29, 0.717) is 38.3 Å².